The lowest BCUT2D eigenvalue weighted by Gasteiger charge is -2.09. The molecule has 0 saturated heterocycles. The van der Waals surface area contributed by atoms with Crippen LogP contribution in [0.25, 0.3) is 21.3 Å². The molecule has 4 aromatic rings. The summed E-state index contributed by atoms with van der Waals surface area (Å²) in [6.07, 6.45) is 1.62. The van der Waals surface area contributed by atoms with Crippen molar-refractivity contribution in [2.45, 2.75) is 6.92 Å². The van der Waals surface area contributed by atoms with Crippen LogP contribution in [0.1, 0.15) is 4.88 Å². The van der Waals surface area contributed by atoms with E-state index >= 15 is 0 Å². The summed E-state index contributed by atoms with van der Waals surface area (Å²) in [7, 11) is 0. The highest BCUT2D eigenvalue weighted by Crippen LogP contribution is 2.41. The molecule has 0 unspecified atom stereocenters. The summed E-state index contributed by atoms with van der Waals surface area (Å²) < 4.78 is 2.09. The van der Waals surface area contributed by atoms with E-state index in [1.165, 1.54) is 16.0 Å². The van der Waals surface area contributed by atoms with Crippen LogP contribution in [0.15, 0.2) is 63.8 Å². The van der Waals surface area contributed by atoms with Crippen molar-refractivity contribution >= 4 is 64.9 Å². The molecule has 0 atom stereocenters. The Kier molecular flexibility index (Phi) is 4.58. The van der Waals surface area contributed by atoms with Crippen LogP contribution in [-0.4, -0.2) is 9.97 Å². The van der Waals surface area contributed by atoms with Gasteiger partial charge in [0, 0.05) is 25.1 Å². The van der Waals surface area contributed by atoms with Gasteiger partial charge < -0.3 is 5.32 Å². The molecule has 0 saturated carbocycles. The summed E-state index contributed by atoms with van der Waals surface area (Å²) in [6, 6.07) is 16.4. The molecule has 6 heteroatoms. The number of thiophene rings is 1. The molecule has 124 valence electrons. The molecule has 25 heavy (non-hydrogen) atoms. The fraction of sp³-hybridized carbons (Fsp3) is 0.0526. The number of hydrogen-bond donors (Lipinski definition) is 1. The maximum absolute atomic E-state index is 4.51. The van der Waals surface area contributed by atoms with Crippen LogP contribution in [0.5, 0.6) is 0 Å². The minimum absolute atomic E-state index is 0.824. The fourth-order valence-corrected chi connectivity index (χ4v) is 4.48. The average Bonchev–Trinajstić information content (AvgIpc) is 2.93. The summed E-state index contributed by atoms with van der Waals surface area (Å²) in [5.74, 6) is 0.824. The molecule has 0 amide bonds. The zero-order valence-electron chi connectivity index (χ0n) is 13.3. The molecule has 2 heterocycles. The SMILES string of the molecule is Cc1sc2ncnc(Nc3cccc(Br)c3)c2c1-c1ccc(Br)cc1. The summed E-state index contributed by atoms with van der Waals surface area (Å²) in [5, 5.41) is 4.50. The van der Waals surface area contributed by atoms with Crippen molar-refractivity contribution in [2.24, 2.45) is 0 Å². The Morgan fingerprint density at radius 3 is 2.52 bits per heavy atom. The minimum Gasteiger partial charge on any atom is -0.340 e. The highest BCUT2D eigenvalue weighted by atomic mass is 79.9. The number of anilines is 2. The third-order valence-electron chi connectivity index (χ3n) is 3.88. The summed E-state index contributed by atoms with van der Waals surface area (Å²) in [4.78, 5) is 11.2. The molecule has 2 aromatic heterocycles. The van der Waals surface area contributed by atoms with Crippen LogP contribution in [-0.2, 0) is 0 Å². The molecule has 2 aromatic carbocycles. The Labute approximate surface area is 166 Å². The number of aromatic nitrogens is 2. The van der Waals surface area contributed by atoms with Gasteiger partial charge in [-0.1, -0.05) is 50.1 Å². The number of aryl methyl sites for hydroxylation is 1. The van der Waals surface area contributed by atoms with Gasteiger partial charge in [-0.05, 0) is 42.8 Å². The van der Waals surface area contributed by atoms with Gasteiger partial charge in [-0.25, -0.2) is 9.97 Å². The molecule has 3 nitrogen and oxygen atoms in total. The van der Waals surface area contributed by atoms with E-state index in [2.05, 4.69) is 78.3 Å². The van der Waals surface area contributed by atoms with Crippen LogP contribution in [0, 0.1) is 6.92 Å². The summed E-state index contributed by atoms with van der Waals surface area (Å²) in [5.41, 5.74) is 3.34. The monoisotopic (exact) mass is 473 g/mol. The topological polar surface area (TPSA) is 37.8 Å². The predicted molar refractivity (Wildman–Crippen MR) is 113 cm³/mol. The molecule has 0 bridgehead atoms. The molecular weight excluding hydrogens is 462 g/mol. The van der Waals surface area contributed by atoms with Crippen molar-refractivity contribution in [1.82, 2.24) is 9.97 Å². The quantitative estimate of drug-likeness (QED) is 0.349. The number of rotatable bonds is 3. The van der Waals surface area contributed by atoms with Gasteiger partial charge in [-0.15, -0.1) is 11.3 Å². The van der Waals surface area contributed by atoms with Gasteiger partial charge in [0.15, 0.2) is 0 Å². The van der Waals surface area contributed by atoms with Gasteiger partial charge in [0.2, 0.25) is 0 Å². The Morgan fingerprint density at radius 1 is 0.960 bits per heavy atom. The molecule has 0 aliphatic rings. The third kappa shape index (κ3) is 3.34. The Bertz CT molecular complexity index is 1060. The van der Waals surface area contributed by atoms with Gasteiger partial charge >= 0.3 is 0 Å². The minimum atomic E-state index is 0.824. The van der Waals surface area contributed by atoms with Crippen molar-refractivity contribution in [3.8, 4) is 11.1 Å². The maximum atomic E-state index is 4.51. The average molecular weight is 475 g/mol. The molecule has 0 spiro atoms. The zero-order valence-corrected chi connectivity index (χ0v) is 17.2. The van der Waals surface area contributed by atoms with Crippen LogP contribution < -0.4 is 5.32 Å². The molecule has 4 rings (SSSR count). The van der Waals surface area contributed by atoms with E-state index in [9.17, 15) is 0 Å². The van der Waals surface area contributed by atoms with E-state index in [1.807, 2.05) is 24.3 Å². The first kappa shape index (κ1) is 16.7. The normalized spacial score (nSPS) is 11.0. The number of nitrogens with one attached hydrogen (secondary N) is 1. The van der Waals surface area contributed by atoms with Gasteiger partial charge in [-0.2, -0.15) is 0 Å². The Morgan fingerprint density at radius 2 is 1.76 bits per heavy atom. The standard InChI is InChI=1S/C19H13Br2N3S/c1-11-16(12-5-7-13(20)8-6-12)17-18(22-10-23-19(17)25-11)24-15-4-2-3-14(21)9-15/h2-10H,1H3,(H,22,23,24). The third-order valence-corrected chi connectivity index (χ3v) is 5.92. The van der Waals surface area contributed by atoms with Crippen molar-refractivity contribution in [3.05, 3.63) is 68.7 Å². The Balaban J connectivity index is 1.89. The van der Waals surface area contributed by atoms with E-state index in [-0.39, 0.29) is 0 Å². The smallest absolute Gasteiger partial charge is 0.143 e. The first-order valence-electron chi connectivity index (χ1n) is 7.64. The van der Waals surface area contributed by atoms with E-state index in [0.29, 0.717) is 0 Å². The molecular formula is C19H13Br2N3S. The van der Waals surface area contributed by atoms with E-state index in [1.54, 1.807) is 17.7 Å². The van der Waals surface area contributed by atoms with Gasteiger partial charge in [0.05, 0.1) is 5.39 Å². The second-order valence-corrected chi connectivity index (χ2v) is 8.61. The second-order valence-electron chi connectivity index (χ2n) is 5.58. The molecule has 0 radical (unpaired) electrons. The highest BCUT2D eigenvalue weighted by molar-refractivity contribution is 9.10. The summed E-state index contributed by atoms with van der Waals surface area (Å²) >= 11 is 8.71. The van der Waals surface area contributed by atoms with Crippen LogP contribution in [0.2, 0.25) is 0 Å². The Hall–Kier alpha value is -1.76. The van der Waals surface area contributed by atoms with Crippen molar-refractivity contribution in [3.63, 3.8) is 0 Å². The predicted octanol–water partition coefficient (Wildman–Crippen LogP) is 6.94. The second kappa shape index (κ2) is 6.86. The number of nitrogens with zero attached hydrogens (tertiary/aromatic N) is 2. The van der Waals surface area contributed by atoms with Crippen molar-refractivity contribution < 1.29 is 0 Å². The van der Waals surface area contributed by atoms with Crippen LogP contribution >= 0.6 is 43.2 Å². The lowest BCUT2D eigenvalue weighted by Crippen LogP contribution is -1.95. The zero-order chi connectivity index (χ0) is 17.4. The number of benzene rings is 2. The fourth-order valence-electron chi connectivity index (χ4n) is 2.81. The largest absolute Gasteiger partial charge is 0.340 e. The number of fused-ring (bicyclic) bond motifs is 1. The molecule has 1 N–H and O–H groups in total. The van der Waals surface area contributed by atoms with Gasteiger partial charge in [0.1, 0.15) is 17.0 Å². The first-order chi connectivity index (χ1) is 12.1. The van der Waals surface area contributed by atoms with Gasteiger partial charge in [-0.3, -0.25) is 0 Å². The van der Waals surface area contributed by atoms with Crippen molar-refractivity contribution in [1.29, 1.82) is 0 Å². The summed E-state index contributed by atoms with van der Waals surface area (Å²) in [6.45, 7) is 2.13. The first-order valence-corrected chi connectivity index (χ1v) is 10.0. The number of hydrogen-bond acceptors (Lipinski definition) is 4. The van der Waals surface area contributed by atoms with Crippen molar-refractivity contribution in [2.75, 3.05) is 5.32 Å². The van der Waals surface area contributed by atoms with E-state index in [0.717, 1.165) is 30.7 Å². The van der Waals surface area contributed by atoms with Crippen LogP contribution in [0.4, 0.5) is 11.5 Å². The lowest BCUT2D eigenvalue weighted by molar-refractivity contribution is 1.23. The van der Waals surface area contributed by atoms with Gasteiger partial charge in [0.25, 0.3) is 0 Å². The number of halogens is 2. The maximum Gasteiger partial charge on any atom is 0.143 e. The van der Waals surface area contributed by atoms with Crippen LogP contribution in [0.3, 0.4) is 0 Å². The highest BCUT2D eigenvalue weighted by Gasteiger charge is 2.17. The van der Waals surface area contributed by atoms with E-state index < -0.39 is 0 Å². The van der Waals surface area contributed by atoms with E-state index in [4.69, 9.17) is 0 Å². The molecule has 0 fully saturated rings. The molecule has 0 aliphatic heterocycles. The lowest BCUT2D eigenvalue weighted by atomic mass is 10.0. The molecule has 0 aliphatic carbocycles.